The van der Waals surface area contributed by atoms with E-state index in [0.717, 1.165) is 36.8 Å². The average molecular weight is 244 g/mol. The van der Waals surface area contributed by atoms with Gasteiger partial charge in [-0.15, -0.1) is 0 Å². The number of allylic oxidation sites excluding steroid dienone is 1. The molecule has 0 fully saturated rings. The molecule has 0 aromatic heterocycles. The first-order chi connectivity index (χ1) is 8.70. The van der Waals surface area contributed by atoms with Crippen molar-refractivity contribution in [2.45, 2.75) is 45.4 Å². The summed E-state index contributed by atoms with van der Waals surface area (Å²) in [5.41, 5.74) is 4.88. The summed E-state index contributed by atoms with van der Waals surface area (Å²) in [6.45, 7) is 2.13. The van der Waals surface area contributed by atoms with E-state index >= 15 is 0 Å². The van der Waals surface area contributed by atoms with Crippen molar-refractivity contribution < 1.29 is 9.90 Å². The number of hydrogen-bond donors (Lipinski definition) is 1. The van der Waals surface area contributed by atoms with Crippen molar-refractivity contribution >= 4 is 11.5 Å². The molecule has 0 heterocycles. The van der Waals surface area contributed by atoms with Crippen LogP contribution in [0.25, 0.3) is 5.57 Å². The van der Waals surface area contributed by atoms with Crippen LogP contribution in [0, 0.1) is 0 Å². The Morgan fingerprint density at radius 3 is 2.83 bits per heavy atom. The van der Waals surface area contributed by atoms with Crippen molar-refractivity contribution in [2.75, 3.05) is 0 Å². The number of fused-ring (bicyclic) bond motifs is 1. The summed E-state index contributed by atoms with van der Waals surface area (Å²) in [5.74, 6) is -0.846. The fourth-order valence-corrected chi connectivity index (χ4v) is 2.59. The first kappa shape index (κ1) is 12.9. The van der Waals surface area contributed by atoms with Crippen LogP contribution in [-0.2, 0) is 17.6 Å². The molecule has 0 spiro atoms. The first-order valence-corrected chi connectivity index (χ1v) is 6.76. The lowest BCUT2D eigenvalue weighted by Crippen LogP contribution is -1.94. The van der Waals surface area contributed by atoms with Crippen LogP contribution in [0.5, 0.6) is 0 Å². The lowest BCUT2D eigenvalue weighted by Gasteiger charge is -2.09. The van der Waals surface area contributed by atoms with E-state index < -0.39 is 5.97 Å². The van der Waals surface area contributed by atoms with Crippen LogP contribution >= 0.6 is 0 Å². The summed E-state index contributed by atoms with van der Waals surface area (Å²) in [6, 6.07) is 6.43. The molecule has 0 amide bonds. The molecule has 0 bridgehead atoms. The Balaban J connectivity index is 2.27. The van der Waals surface area contributed by atoms with E-state index in [1.165, 1.54) is 30.0 Å². The zero-order valence-electron chi connectivity index (χ0n) is 10.9. The maximum absolute atomic E-state index is 10.9. The molecular weight excluding hydrogens is 224 g/mol. The molecule has 18 heavy (non-hydrogen) atoms. The van der Waals surface area contributed by atoms with Crippen LogP contribution in [0.15, 0.2) is 24.3 Å². The topological polar surface area (TPSA) is 37.3 Å². The molecule has 2 nitrogen and oxygen atoms in total. The first-order valence-electron chi connectivity index (χ1n) is 6.76. The molecule has 0 saturated carbocycles. The highest BCUT2D eigenvalue weighted by molar-refractivity contribution is 5.90. The summed E-state index contributed by atoms with van der Waals surface area (Å²) >= 11 is 0. The molecule has 0 radical (unpaired) electrons. The Labute approximate surface area is 108 Å². The number of unbranched alkanes of at least 4 members (excludes halogenated alkanes) is 1. The number of carboxylic acid groups (broad SMARTS) is 1. The van der Waals surface area contributed by atoms with E-state index in [1.807, 2.05) is 0 Å². The predicted molar refractivity (Wildman–Crippen MR) is 73.6 cm³/mol. The highest BCUT2D eigenvalue weighted by Gasteiger charge is 2.12. The molecule has 0 atom stereocenters. The molecule has 1 N–H and O–H groups in total. The number of rotatable bonds is 5. The maximum atomic E-state index is 10.9. The van der Waals surface area contributed by atoms with Gasteiger partial charge in [0.1, 0.15) is 0 Å². The number of carbonyl (C=O) groups is 1. The Morgan fingerprint density at radius 1 is 1.33 bits per heavy atom. The number of hydrogen-bond acceptors (Lipinski definition) is 1. The Bertz CT molecular complexity index is 472. The summed E-state index contributed by atoms with van der Waals surface area (Å²) in [7, 11) is 0. The van der Waals surface area contributed by atoms with Crippen molar-refractivity contribution in [3.8, 4) is 0 Å². The van der Waals surface area contributed by atoms with Gasteiger partial charge >= 0.3 is 5.97 Å². The lowest BCUT2D eigenvalue weighted by molar-refractivity contribution is -0.131. The van der Waals surface area contributed by atoms with Crippen LogP contribution in [0.2, 0.25) is 0 Å². The Kier molecular flexibility index (Phi) is 4.19. The van der Waals surface area contributed by atoms with Crippen LogP contribution in [0.3, 0.4) is 0 Å². The zero-order valence-corrected chi connectivity index (χ0v) is 10.9. The number of aryl methyl sites for hydroxylation is 2. The Morgan fingerprint density at radius 2 is 2.11 bits per heavy atom. The van der Waals surface area contributed by atoms with Gasteiger partial charge in [0.15, 0.2) is 0 Å². The van der Waals surface area contributed by atoms with E-state index in [1.54, 1.807) is 0 Å². The van der Waals surface area contributed by atoms with Crippen molar-refractivity contribution in [3.63, 3.8) is 0 Å². The number of carboxylic acids is 1. The average Bonchev–Trinajstić information content (AvgIpc) is 2.81. The lowest BCUT2D eigenvalue weighted by atomic mass is 9.96. The second-order valence-corrected chi connectivity index (χ2v) is 4.95. The van der Waals surface area contributed by atoms with Gasteiger partial charge in [-0.3, -0.25) is 0 Å². The van der Waals surface area contributed by atoms with Crippen LogP contribution < -0.4 is 0 Å². The third kappa shape index (κ3) is 3.00. The quantitative estimate of drug-likeness (QED) is 0.799. The second kappa shape index (κ2) is 5.85. The molecule has 1 aromatic carbocycles. The van der Waals surface area contributed by atoms with Crippen molar-refractivity contribution in [1.29, 1.82) is 0 Å². The van der Waals surface area contributed by atoms with Crippen LogP contribution in [0.4, 0.5) is 0 Å². The highest BCUT2D eigenvalue weighted by atomic mass is 16.4. The monoisotopic (exact) mass is 244 g/mol. The van der Waals surface area contributed by atoms with Crippen molar-refractivity contribution in [2.24, 2.45) is 0 Å². The summed E-state index contributed by atoms with van der Waals surface area (Å²) < 4.78 is 0. The van der Waals surface area contributed by atoms with E-state index in [4.69, 9.17) is 5.11 Å². The predicted octanol–water partition coefficient (Wildman–Crippen LogP) is 3.83. The van der Waals surface area contributed by atoms with E-state index in [2.05, 4.69) is 25.1 Å². The zero-order chi connectivity index (χ0) is 13.0. The minimum Gasteiger partial charge on any atom is -0.478 e. The maximum Gasteiger partial charge on any atom is 0.328 e. The van der Waals surface area contributed by atoms with Crippen molar-refractivity contribution in [1.82, 2.24) is 0 Å². The molecule has 0 unspecified atom stereocenters. The van der Waals surface area contributed by atoms with E-state index in [9.17, 15) is 4.79 Å². The molecule has 96 valence electrons. The van der Waals surface area contributed by atoms with Gasteiger partial charge in [-0.25, -0.2) is 4.79 Å². The Hall–Kier alpha value is -1.57. The van der Waals surface area contributed by atoms with Gasteiger partial charge < -0.3 is 5.11 Å². The highest BCUT2D eigenvalue weighted by Crippen LogP contribution is 2.28. The van der Waals surface area contributed by atoms with Gasteiger partial charge in [-0.2, -0.15) is 0 Å². The molecule has 2 heteroatoms. The van der Waals surface area contributed by atoms with Crippen molar-refractivity contribution in [3.05, 3.63) is 41.0 Å². The standard InChI is InChI=1S/C16H20O2/c1-2-3-5-14(11-16(17)18)15-9-8-12-6-4-7-13(12)10-15/h8-11H,2-7H2,1H3,(H,17,18)/b14-11+. The molecular formula is C16H20O2. The van der Waals surface area contributed by atoms with Gasteiger partial charge in [0, 0.05) is 6.08 Å². The van der Waals surface area contributed by atoms with Crippen LogP contribution in [0.1, 0.15) is 49.3 Å². The summed E-state index contributed by atoms with van der Waals surface area (Å²) in [6.07, 6.45) is 7.87. The third-order valence-electron chi connectivity index (χ3n) is 3.57. The largest absolute Gasteiger partial charge is 0.478 e. The number of benzene rings is 1. The summed E-state index contributed by atoms with van der Waals surface area (Å²) in [4.78, 5) is 10.9. The van der Waals surface area contributed by atoms with Gasteiger partial charge in [-0.05, 0) is 54.4 Å². The minimum absolute atomic E-state index is 0.846. The van der Waals surface area contributed by atoms with E-state index in [-0.39, 0.29) is 0 Å². The molecule has 0 aliphatic heterocycles. The number of aliphatic carboxylic acids is 1. The second-order valence-electron chi connectivity index (χ2n) is 4.95. The molecule has 2 rings (SSSR count). The molecule has 1 aliphatic carbocycles. The van der Waals surface area contributed by atoms with Crippen LogP contribution in [-0.4, -0.2) is 11.1 Å². The van der Waals surface area contributed by atoms with Gasteiger partial charge in [0.2, 0.25) is 0 Å². The fourth-order valence-electron chi connectivity index (χ4n) is 2.59. The minimum atomic E-state index is -0.846. The SMILES string of the molecule is CCCC/C(=C\C(=O)O)c1ccc2c(c1)CCC2. The van der Waals surface area contributed by atoms with Gasteiger partial charge in [0.05, 0.1) is 0 Å². The van der Waals surface area contributed by atoms with Gasteiger partial charge in [-0.1, -0.05) is 31.5 Å². The van der Waals surface area contributed by atoms with E-state index in [0.29, 0.717) is 0 Å². The molecule has 1 aromatic rings. The van der Waals surface area contributed by atoms with Gasteiger partial charge in [0.25, 0.3) is 0 Å². The fraction of sp³-hybridized carbons (Fsp3) is 0.438. The summed E-state index contributed by atoms with van der Waals surface area (Å²) in [5, 5.41) is 8.96. The third-order valence-corrected chi connectivity index (χ3v) is 3.57. The smallest absolute Gasteiger partial charge is 0.328 e. The molecule has 0 saturated heterocycles. The normalized spacial score (nSPS) is 14.6. The molecule has 1 aliphatic rings.